The number of Topliss-reactive ketones (excluding diaryl/α,β-unsaturated/α-hetero) is 1. The van der Waals surface area contributed by atoms with E-state index in [-0.39, 0.29) is 11.5 Å². The van der Waals surface area contributed by atoms with Crippen LogP contribution in [0, 0.1) is 25.2 Å². The van der Waals surface area contributed by atoms with Gasteiger partial charge < -0.3 is 4.57 Å². The molecule has 1 saturated heterocycles. The van der Waals surface area contributed by atoms with Crippen molar-refractivity contribution in [2.45, 2.75) is 65.5 Å². The summed E-state index contributed by atoms with van der Waals surface area (Å²) in [6.07, 6.45) is 8.69. The van der Waals surface area contributed by atoms with E-state index < -0.39 is 9.84 Å². The zero-order chi connectivity index (χ0) is 25.0. The lowest BCUT2D eigenvalue weighted by Crippen LogP contribution is -2.38. The average molecular weight is 482 g/mol. The molecule has 1 aromatic carbocycles. The molecule has 1 aromatic heterocycles. The highest BCUT2D eigenvalue weighted by molar-refractivity contribution is 7.90. The van der Waals surface area contributed by atoms with E-state index in [9.17, 15) is 18.5 Å². The first-order valence-corrected chi connectivity index (χ1v) is 14.0. The van der Waals surface area contributed by atoms with Gasteiger partial charge in [0, 0.05) is 41.0 Å². The topological polar surface area (TPSA) is 83.2 Å². The minimum absolute atomic E-state index is 0.0795. The number of sulfone groups is 1. The molecule has 0 bridgehead atoms. The lowest BCUT2D eigenvalue weighted by Gasteiger charge is -2.27. The first-order valence-electron chi connectivity index (χ1n) is 11.9. The molecule has 6 nitrogen and oxygen atoms in total. The molecule has 2 atom stereocenters. The number of rotatable bonds is 9. The number of hydrogen-bond acceptors (Lipinski definition) is 5. The standard InChI is InChI=1S/C27H35N3O3S/c1-6-23-13-10-19(2)29(23)18-26(31)27-20(3)25(9-7-8-16-34(5,32)33)30(21(27)4)24-14-11-22(17-28)12-15-24/h7,9,11-12,14-15,19,23H,6,8,10,13,16,18H2,1-5H3/b9-7+. The van der Waals surface area contributed by atoms with E-state index in [0.717, 1.165) is 47.5 Å². The van der Waals surface area contributed by atoms with Crippen molar-refractivity contribution in [3.8, 4) is 11.8 Å². The van der Waals surface area contributed by atoms with Crippen molar-refractivity contribution >= 4 is 21.7 Å². The molecule has 0 saturated carbocycles. The summed E-state index contributed by atoms with van der Waals surface area (Å²) >= 11 is 0. The summed E-state index contributed by atoms with van der Waals surface area (Å²) in [7, 11) is -3.05. The summed E-state index contributed by atoms with van der Waals surface area (Å²) in [5.41, 5.74) is 4.77. The van der Waals surface area contributed by atoms with Crippen LogP contribution < -0.4 is 0 Å². The van der Waals surface area contributed by atoms with E-state index in [1.54, 1.807) is 12.1 Å². The molecule has 2 unspecified atom stereocenters. The summed E-state index contributed by atoms with van der Waals surface area (Å²) < 4.78 is 25.1. The number of carbonyl (C=O) groups excluding carboxylic acids is 1. The quantitative estimate of drug-likeness (QED) is 0.478. The number of nitrogens with zero attached hydrogens (tertiary/aromatic N) is 3. The molecule has 0 radical (unpaired) electrons. The summed E-state index contributed by atoms with van der Waals surface area (Å²) in [6, 6.07) is 10.3. The van der Waals surface area contributed by atoms with Gasteiger partial charge in [-0.05, 0) is 82.4 Å². The molecule has 2 aromatic rings. The molecule has 0 N–H and O–H groups in total. The van der Waals surface area contributed by atoms with Gasteiger partial charge in [0.25, 0.3) is 0 Å². The lowest BCUT2D eigenvalue weighted by molar-refractivity contribution is 0.0888. The number of likely N-dealkylation sites (tertiary alicyclic amines) is 1. The predicted molar refractivity (Wildman–Crippen MR) is 137 cm³/mol. The van der Waals surface area contributed by atoms with Gasteiger partial charge >= 0.3 is 0 Å². The molecule has 1 aliphatic heterocycles. The number of ketones is 1. The summed E-state index contributed by atoms with van der Waals surface area (Å²) in [4.78, 5) is 15.9. The molecule has 0 spiro atoms. The largest absolute Gasteiger partial charge is 0.313 e. The van der Waals surface area contributed by atoms with Crippen LogP contribution in [-0.2, 0) is 9.84 Å². The third-order valence-corrected chi connectivity index (χ3v) is 7.89. The Hall–Kier alpha value is -2.69. The second-order valence-electron chi connectivity index (χ2n) is 9.37. The predicted octanol–water partition coefficient (Wildman–Crippen LogP) is 4.86. The van der Waals surface area contributed by atoms with Gasteiger partial charge in [-0.15, -0.1) is 0 Å². The smallest absolute Gasteiger partial charge is 0.178 e. The van der Waals surface area contributed by atoms with Gasteiger partial charge in [-0.25, -0.2) is 8.42 Å². The molecule has 182 valence electrons. The maximum atomic E-state index is 13.6. The van der Waals surface area contributed by atoms with Gasteiger partial charge in [-0.3, -0.25) is 9.69 Å². The molecule has 1 fully saturated rings. The van der Waals surface area contributed by atoms with Gasteiger partial charge in [-0.1, -0.05) is 13.0 Å². The van der Waals surface area contributed by atoms with Gasteiger partial charge in [0.1, 0.15) is 9.84 Å². The molecule has 0 amide bonds. The summed E-state index contributed by atoms with van der Waals surface area (Å²) in [5, 5.41) is 9.17. The van der Waals surface area contributed by atoms with E-state index >= 15 is 0 Å². The average Bonchev–Trinajstić information content (AvgIpc) is 3.26. The Kier molecular flexibility index (Phi) is 8.17. The van der Waals surface area contributed by atoms with E-state index in [0.29, 0.717) is 30.6 Å². The van der Waals surface area contributed by atoms with Crippen LogP contribution in [0.25, 0.3) is 11.8 Å². The van der Waals surface area contributed by atoms with Crippen LogP contribution in [0.3, 0.4) is 0 Å². The highest BCUT2D eigenvalue weighted by Crippen LogP contribution is 2.31. The summed E-state index contributed by atoms with van der Waals surface area (Å²) in [5.74, 6) is 0.191. The third-order valence-electron chi connectivity index (χ3n) is 6.91. The minimum atomic E-state index is -3.05. The fourth-order valence-electron chi connectivity index (χ4n) is 5.06. The monoisotopic (exact) mass is 481 g/mol. The number of benzene rings is 1. The van der Waals surface area contributed by atoms with Gasteiger partial charge in [0.15, 0.2) is 5.78 Å². The molecular weight excluding hydrogens is 446 g/mol. The summed E-state index contributed by atoms with van der Waals surface area (Å²) in [6.45, 7) is 8.69. The zero-order valence-corrected chi connectivity index (χ0v) is 21.7. The number of allylic oxidation sites excluding steroid dienone is 1. The Morgan fingerprint density at radius 1 is 1.21 bits per heavy atom. The third kappa shape index (κ3) is 5.68. The van der Waals surface area contributed by atoms with Gasteiger partial charge in [-0.2, -0.15) is 5.26 Å². The van der Waals surface area contributed by atoms with Crippen LogP contribution >= 0.6 is 0 Å². The van der Waals surface area contributed by atoms with Crippen LogP contribution in [0.15, 0.2) is 30.3 Å². The fraction of sp³-hybridized carbons (Fsp3) is 0.481. The van der Waals surface area contributed by atoms with Crippen molar-refractivity contribution in [3.05, 3.63) is 58.4 Å². The van der Waals surface area contributed by atoms with Crippen molar-refractivity contribution in [1.29, 1.82) is 5.26 Å². The molecule has 1 aliphatic rings. The maximum Gasteiger partial charge on any atom is 0.178 e. The Balaban J connectivity index is 2.03. The van der Waals surface area contributed by atoms with E-state index in [4.69, 9.17) is 0 Å². The van der Waals surface area contributed by atoms with Crippen molar-refractivity contribution in [3.63, 3.8) is 0 Å². The van der Waals surface area contributed by atoms with Gasteiger partial charge in [0.05, 0.1) is 23.9 Å². The Labute approximate surface area is 203 Å². The van der Waals surface area contributed by atoms with Crippen LogP contribution in [0.5, 0.6) is 0 Å². The second kappa shape index (κ2) is 10.7. The van der Waals surface area contributed by atoms with Crippen molar-refractivity contribution in [1.82, 2.24) is 9.47 Å². The number of nitriles is 1. The second-order valence-corrected chi connectivity index (χ2v) is 11.6. The Morgan fingerprint density at radius 3 is 2.47 bits per heavy atom. The number of aromatic nitrogens is 1. The lowest BCUT2D eigenvalue weighted by atomic mass is 10.0. The number of carbonyl (C=O) groups is 1. The highest BCUT2D eigenvalue weighted by atomic mass is 32.2. The molecule has 2 heterocycles. The zero-order valence-electron chi connectivity index (χ0n) is 20.8. The first-order chi connectivity index (χ1) is 16.1. The Morgan fingerprint density at radius 2 is 1.88 bits per heavy atom. The molecule has 3 rings (SSSR count). The van der Waals surface area contributed by atoms with E-state index in [2.05, 4.69) is 24.8 Å². The van der Waals surface area contributed by atoms with E-state index in [1.807, 2.05) is 42.7 Å². The molecule has 7 heteroatoms. The fourth-order valence-corrected chi connectivity index (χ4v) is 5.62. The number of hydrogen-bond donors (Lipinski definition) is 0. The normalized spacial score (nSPS) is 19.1. The van der Waals surface area contributed by atoms with Crippen LogP contribution in [0.1, 0.15) is 72.4 Å². The van der Waals surface area contributed by atoms with Crippen molar-refractivity contribution in [2.75, 3.05) is 18.6 Å². The molecular formula is C27H35N3O3S. The van der Waals surface area contributed by atoms with Gasteiger partial charge in [0.2, 0.25) is 0 Å². The first kappa shape index (κ1) is 25.9. The van der Waals surface area contributed by atoms with E-state index in [1.165, 1.54) is 6.26 Å². The van der Waals surface area contributed by atoms with Crippen LogP contribution in [0.4, 0.5) is 0 Å². The highest BCUT2D eigenvalue weighted by Gasteiger charge is 2.32. The van der Waals surface area contributed by atoms with Crippen LogP contribution in [0.2, 0.25) is 0 Å². The molecule has 0 aliphatic carbocycles. The van der Waals surface area contributed by atoms with Crippen molar-refractivity contribution in [2.24, 2.45) is 0 Å². The van der Waals surface area contributed by atoms with Crippen molar-refractivity contribution < 1.29 is 13.2 Å². The maximum absolute atomic E-state index is 13.6. The minimum Gasteiger partial charge on any atom is -0.313 e. The SMILES string of the molecule is CCC1CCC(C)N1CC(=O)c1c(C)c(/C=C/CCS(C)(=O)=O)n(-c2ccc(C#N)cc2)c1C. The van der Waals surface area contributed by atoms with Crippen LogP contribution in [-0.4, -0.2) is 54.3 Å². The molecule has 34 heavy (non-hydrogen) atoms. The Bertz CT molecular complexity index is 1220.